The predicted molar refractivity (Wildman–Crippen MR) is 99.4 cm³/mol. The van der Waals surface area contributed by atoms with Crippen LogP contribution >= 0.6 is 23.4 Å². The summed E-state index contributed by atoms with van der Waals surface area (Å²) in [6, 6.07) is -0.0434. The monoisotopic (exact) mass is 426 g/mol. The van der Waals surface area contributed by atoms with Crippen molar-refractivity contribution in [1.29, 1.82) is 0 Å². The molecule has 0 saturated heterocycles. The lowest BCUT2D eigenvalue weighted by molar-refractivity contribution is -0.167. The molecule has 1 fully saturated rings. The Morgan fingerprint density at radius 3 is 2.70 bits per heavy atom. The molecular formula is C16H22ClF3N4O2S. The molecule has 1 heterocycles. The zero-order valence-electron chi connectivity index (χ0n) is 15.0. The number of rotatable bonds is 8. The van der Waals surface area contributed by atoms with Crippen LogP contribution in [0.15, 0.2) is 5.16 Å². The molecule has 152 valence electrons. The first kappa shape index (κ1) is 22.0. The van der Waals surface area contributed by atoms with Gasteiger partial charge >= 0.3 is 12.1 Å². The molecule has 2 N–H and O–H groups in total. The second kappa shape index (κ2) is 9.79. The van der Waals surface area contributed by atoms with Crippen molar-refractivity contribution in [3.63, 3.8) is 0 Å². The van der Waals surface area contributed by atoms with Gasteiger partial charge in [-0.25, -0.2) is 9.97 Å². The summed E-state index contributed by atoms with van der Waals surface area (Å²) in [6.45, 7) is 4.49. The molecule has 0 aromatic carbocycles. The number of nitrogens with zero attached hydrogens (tertiary/aromatic N) is 2. The van der Waals surface area contributed by atoms with Crippen molar-refractivity contribution < 1.29 is 22.7 Å². The van der Waals surface area contributed by atoms with Gasteiger partial charge in [0.15, 0.2) is 16.1 Å². The largest absolute Gasteiger partial charge is 0.471 e. The summed E-state index contributed by atoms with van der Waals surface area (Å²) in [5, 5.41) is 5.00. The van der Waals surface area contributed by atoms with Crippen LogP contribution in [0.25, 0.3) is 0 Å². The van der Waals surface area contributed by atoms with E-state index in [0.717, 1.165) is 25.0 Å². The fourth-order valence-corrected chi connectivity index (χ4v) is 3.69. The second-order valence-electron chi connectivity index (χ2n) is 6.05. The number of nitrogens with one attached hydrogen (secondary N) is 2. The molecule has 1 aliphatic carbocycles. The summed E-state index contributed by atoms with van der Waals surface area (Å²) in [4.78, 5) is 19.6. The molecule has 1 aromatic heterocycles. The van der Waals surface area contributed by atoms with Crippen LogP contribution in [0.4, 0.5) is 24.7 Å². The highest BCUT2D eigenvalue weighted by atomic mass is 35.5. The minimum absolute atomic E-state index is 0.0434. The van der Waals surface area contributed by atoms with Crippen LogP contribution in [0.2, 0.25) is 5.15 Å². The van der Waals surface area contributed by atoms with Crippen molar-refractivity contribution >= 4 is 40.8 Å². The van der Waals surface area contributed by atoms with Crippen LogP contribution in [-0.2, 0) is 9.53 Å². The summed E-state index contributed by atoms with van der Waals surface area (Å²) >= 11 is 7.40. The van der Waals surface area contributed by atoms with Crippen LogP contribution < -0.4 is 10.6 Å². The zero-order chi connectivity index (χ0) is 20.0. The molecule has 0 aliphatic heterocycles. The van der Waals surface area contributed by atoms with Gasteiger partial charge in [-0.15, -0.1) is 0 Å². The van der Waals surface area contributed by atoms with E-state index in [0.29, 0.717) is 18.2 Å². The molecule has 0 bridgehead atoms. The highest BCUT2D eigenvalue weighted by Crippen LogP contribution is 2.34. The number of alkyl halides is 3. The fourth-order valence-electron chi connectivity index (χ4n) is 2.72. The third-order valence-corrected chi connectivity index (χ3v) is 5.23. The minimum atomic E-state index is -5.04. The lowest BCUT2D eigenvalue weighted by Gasteiger charge is -2.19. The Morgan fingerprint density at radius 1 is 1.33 bits per heavy atom. The second-order valence-corrected chi connectivity index (χ2v) is 7.47. The molecular weight excluding hydrogens is 405 g/mol. The number of carbonyl (C=O) groups excluding carboxylic acids is 1. The maximum Gasteiger partial charge on any atom is 0.471 e. The highest BCUT2D eigenvalue weighted by Gasteiger charge is 2.40. The molecule has 2 atom stereocenters. The predicted octanol–water partition coefficient (Wildman–Crippen LogP) is 4.50. The Morgan fingerprint density at radius 2 is 2.07 bits per heavy atom. The number of amides is 1. The summed E-state index contributed by atoms with van der Waals surface area (Å²) in [7, 11) is 0. The number of carbonyl (C=O) groups is 1. The lowest BCUT2D eigenvalue weighted by atomic mass is 10.2. The number of thioether (sulfide) groups is 1. The number of anilines is 2. The molecule has 1 amide bonds. The first-order chi connectivity index (χ1) is 12.7. The number of hydrogen-bond donors (Lipinski definition) is 2. The summed E-state index contributed by atoms with van der Waals surface area (Å²) < 4.78 is 43.5. The Labute approximate surface area is 165 Å². The number of halogens is 4. The number of ether oxygens (including phenoxy) is 1. The molecule has 0 radical (unpaired) electrons. The van der Waals surface area contributed by atoms with Gasteiger partial charge in [0.25, 0.3) is 0 Å². The Balaban J connectivity index is 2.24. The van der Waals surface area contributed by atoms with Crippen molar-refractivity contribution in [2.24, 2.45) is 0 Å². The van der Waals surface area contributed by atoms with Crippen LogP contribution in [-0.4, -0.2) is 46.6 Å². The van der Waals surface area contributed by atoms with Crippen LogP contribution in [0.5, 0.6) is 0 Å². The quantitative estimate of drug-likeness (QED) is 0.362. The van der Waals surface area contributed by atoms with Gasteiger partial charge in [-0.1, -0.05) is 30.3 Å². The Kier molecular flexibility index (Phi) is 7.99. The van der Waals surface area contributed by atoms with E-state index in [1.165, 1.54) is 11.8 Å². The number of aromatic nitrogens is 2. The van der Waals surface area contributed by atoms with Crippen molar-refractivity contribution in [3.05, 3.63) is 5.15 Å². The summed E-state index contributed by atoms with van der Waals surface area (Å²) in [6.07, 6.45) is -1.77. The zero-order valence-corrected chi connectivity index (χ0v) is 16.6. The van der Waals surface area contributed by atoms with Gasteiger partial charge in [0.05, 0.1) is 6.10 Å². The lowest BCUT2D eigenvalue weighted by Crippen LogP contribution is -2.31. The van der Waals surface area contributed by atoms with Gasteiger partial charge in [-0.2, -0.15) is 13.2 Å². The standard InChI is InChI=1S/C16H22ClF3N4O2S/c1-3-7-27-15-23-12(17)11(22-14(25)16(18,19)20)13(24-15)21-9-5-6-10(8-9)26-4-2/h9-10H,3-8H2,1-2H3,(H,22,25)(H,21,23,24). The smallest absolute Gasteiger partial charge is 0.378 e. The van der Waals surface area contributed by atoms with E-state index in [1.54, 1.807) is 5.32 Å². The normalized spacial score (nSPS) is 19.9. The summed E-state index contributed by atoms with van der Waals surface area (Å²) in [5.74, 6) is -1.29. The van der Waals surface area contributed by atoms with Crippen molar-refractivity contribution in [3.8, 4) is 0 Å². The average Bonchev–Trinajstić information content (AvgIpc) is 3.02. The van der Waals surface area contributed by atoms with E-state index in [1.807, 2.05) is 13.8 Å². The Hall–Kier alpha value is -1.26. The van der Waals surface area contributed by atoms with E-state index in [9.17, 15) is 18.0 Å². The number of hydrogen-bond acceptors (Lipinski definition) is 6. The topological polar surface area (TPSA) is 76.1 Å². The Bertz CT molecular complexity index is 663. The molecule has 2 rings (SSSR count). The minimum Gasteiger partial charge on any atom is -0.378 e. The molecule has 0 spiro atoms. The maximum atomic E-state index is 12.6. The first-order valence-electron chi connectivity index (χ1n) is 8.71. The third-order valence-electron chi connectivity index (χ3n) is 3.90. The van der Waals surface area contributed by atoms with Gasteiger partial charge in [0.2, 0.25) is 0 Å². The molecule has 27 heavy (non-hydrogen) atoms. The third kappa shape index (κ3) is 6.39. The van der Waals surface area contributed by atoms with Crippen LogP contribution in [0.3, 0.4) is 0 Å². The SMILES string of the molecule is CCCSc1nc(Cl)c(NC(=O)C(F)(F)F)c(NC2CCC(OCC)C2)n1. The highest BCUT2D eigenvalue weighted by molar-refractivity contribution is 7.99. The van der Waals surface area contributed by atoms with Crippen LogP contribution in [0.1, 0.15) is 39.5 Å². The van der Waals surface area contributed by atoms with Crippen molar-refractivity contribution in [2.45, 2.75) is 63.0 Å². The molecule has 2 unspecified atom stereocenters. The van der Waals surface area contributed by atoms with E-state index in [4.69, 9.17) is 16.3 Å². The van der Waals surface area contributed by atoms with Crippen molar-refractivity contribution in [2.75, 3.05) is 23.0 Å². The maximum absolute atomic E-state index is 12.6. The van der Waals surface area contributed by atoms with E-state index >= 15 is 0 Å². The molecule has 1 aliphatic rings. The average molecular weight is 427 g/mol. The van der Waals surface area contributed by atoms with E-state index in [-0.39, 0.29) is 28.8 Å². The molecule has 6 nitrogen and oxygen atoms in total. The molecule has 1 aromatic rings. The molecule has 1 saturated carbocycles. The van der Waals surface area contributed by atoms with Crippen LogP contribution in [0, 0.1) is 0 Å². The van der Waals surface area contributed by atoms with Gasteiger partial charge < -0.3 is 15.4 Å². The molecule has 11 heteroatoms. The van der Waals surface area contributed by atoms with E-state index in [2.05, 4.69) is 15.3 Å². The van der Waals surface area contributed by atoms with Gasteiger partial charge in [-0.3, -0.25) is 4.79 Å². The van der Waals surface area contributed by atoms with Gasteiger partial charge in [0.1, 0.15) is 5.69 Å². The van der Waals surface area contributed by atoms with Gasteiger partial charge in [0, 0.05) is 18.4 Å². The van der Waals surface area contributed by atoms with Gasteiger partial charge in [-0.05, 0) is 32.6 Å². The van der Waals surface area contributed by atoms with Crippen molar-refractivity contribution in [1.82, 2.24) is 9.97 Å². The summed E-state index contributed by atoms with van der Waals surface area (Å²) in [5.41, 5.74) is -0.264. The first-order valence-corrected chi connectivity index (χ1v) is 10.1. The fraction of sp³-hybridized carbons (Fsp3) is 0.688. The van der Waals surface area contributed by atoms with E-state index < -0.39 is 12.1 Å².